The van der Waals surface area contributed by atoms with Gasteiger partial charge in [0.05, 0.1) is 174 Å². The predicted molar refractivity (Wildman–Crippen MR) is 506 cm³/mol. The van der Waals surface area contributed by atoms with Crippen molar-refractivity contribution in [3.05, 3.63) is 211 Å². The van der Waals surface area contributed by atoms with Crippen LogP contribution in [-0.2, 0) is 114 Å². The topological polar surface area (TPSA) is 320 Å². The van der Waals surface area contributed by atoms with Crippen molar-refractivity contribution in [1.82, 2.24) is 0 Å². The van der Waals surface area contributed by atoms with Gasteiger partial charge in [0.15, 0.2) is 0 Å². The number of rotatable bonds is 66. The smallest absolute Gasteiger partial charge is 0.338 e. The molecule has 1 aromatic carbocycles. The summed E-state index contributed by atoms with van der Waals surface area (Å²) in [5, 5.41) is 0. The molecule has 0 radical (unpaired) electrons. The molecule has 0 aromatic heterocycles. The highest BCUT2D eigenvalue weighted by atomic mass is 16.6. The average molecular weight is 1840 g/mol. The minimum atomic E-state index is -0.870. The lowest BCUT2D eigenvalue weighted by molar-refractivity contribution is -0.150. The van der Waals surface area contributed by atoms with E-state index in [4.69, 9.17) is 85.3 Å². The zero-order chi connectivity index (χ0) is 96.6. The van der Waals surface area contributed by atoms with Crippen molar-refractivity contribution in [2.45, 2.75) is 200 Å². The van der Waals surface area contributed by atoms with Crippen molar-refractivity contribution in [2.75, 3.05) is 178 Å². The van der Waals surface area contributed by atoms with Crippen LogP contribution in [0.4, 0.5) is 0 Å². The fraction of sp³-hybridized carbons (Fsp3) is 0.571. The van der Waals surface area contributed by atoms with Crippen LogP contribution in [0, 0.1) is 16.2 Å². The molecule has 4 rings (SSSR count). The Hall–Kier alpha value is -9.81. The highest BCUT2D eigenvalue weighted by Gasteiger charge is 2.30. The van der Waals surface area contributed by atoms with Gasteiger partial charge in [-0.15, -0.1) is 0 Å². The second-order valence-electron chi connectivity index (χ2n) is 34.4. The molecule has 132 heavy (non-hydrogen) atoms. The molecule has 732 valence electrons. The van der Waals surface area contributed by atoms with Crippen LogP contribution in [0.25, 0.3) is 0 Å². The molecule has 0 saturated heterocycles. The number of carbonyl (C=O) groups excluding carboxylic acids is 9. The van der Waals surface area contributed by atoms with Crippen LogP contribution >= 0.6 is 0 Å². The summed E-state index contributed by atoms with van der Waals surface area (Å²) < 4.78 is 97.4. The van der Waals surface area contributed by atoms with Gasteiger partial charge < -0.3 is 85.3 Å². The normalized spacial score (nSPS) is 15.9. The van der Waals surface area contributed by atoms with Gasteiger partial charge in [-0.05, 0) is 189 Å². The fourth-order valence-electron chi connectivity index (χ4n) is 14.0. The Kier molecular flexibility index (Phi) is 58.4. The standard InChI is InChI=1S/C105H150O27/c1-79(31-34-91-85(7)28-19-46-103(91,10)11)22-16-25-82(4)43-49-124-94(106)37-40-97(109)127-70-64-118-58-52-115-55-61-121-67-73-130-100(112)88-76-89(101(113)131-74-68-122-62-56-116-53-59-119-65-71-128-98(110)41-38-95(107)125-50-44-83(5)26-17-23-80(2)32-35-92-86(8)29-20-47-104(92,12)13)78-90(77-88)102(114)132-75-69-123-63-57-117-54-60-120-66-72-129-99(111)42-39-96(108)126-51-45-84(6)27-18-24-81(3)33-36-93-87(9)30-21-48-105(93,14)15/h16-18,22-27,31-36,43-45,76-78H,19-21,28-30,37-42,46-75H2,1-15H3/b25-16+,26-17+,27-18+,34-31+,35-32+,36-33+,79-22+,80-23+,81-24+,82-43+,83-44+,84-45+. The Morgan fingerprint density at radius 3 is 0.674 bits per heavy atom. The van der Waals surface area contributed by atoms with Crippen LogP contribution in [0.2, 0.25) is 0 Å². The molecule has 0 amide bonds. The molecule has 0 spiro atoms. The van der Waals surface area contributed by atoms with E-state index in [2.05, 4.69) is 120 Å². The van der Waals surface area contributed by atoms with E-state index in [1.165, 1.54) is 90.2 Å². The largest absolute Gasteiger partial charge is 0.463 e. The van der Waals surface area contributed by atoms with Crippen LogP contribution in [0.1, 0.15) is 231 Å². The van der Waals surface area contributed by atoms with Gasteiger partial charge in [0.2, 0.25) is 0 Å². The highest BCUT2D eigenvalue weighted by molar-refractivity contribution is 6.00. The highest BCUT2D eigenvalue weighted by Crippen LogP contribution is 2.43. The average Bonchev–Trinajstić information content (AvgIpc) is 0.827. The first-order chi connectivity index (χ1) is 63.2. The van der Waals surface area contributed by atoms with E-state index in [0.717, 1.165) is 52.7 Å². The van der Waals surface area contributed by atoms with Gasteiger partial charge in [-0.25, -0.2) is 14.4 Å². The molecule has 0 saturated carbocycles. The van der Waals surface area contributed by atoms with Crippen molar-refractivity contribution in [2.24, 2.45) is 16.2 Å². The molecule has 0 aliphatic heterocycles. The molecule has 0 heterocycles. The third kappa shape index (κ3) is 53.2. The number of ether oxygens (including phenoxy) is 18. The van der Waals surface area contributed by atoms with Gasteiger partial charge in [0.1, 0.15) is 59.5 Å². The number of benzene rings is 1. The zero-order valence-electron chi connectivity index (χ0n) is 81.3. The SMILES string of the molecule is CC1=C(/C=C/C(C)=C/C=C/C(C)=C/COC(=O)CCC(=O)OCCOCCOCCOCCOC(=O)c2cc(C(=O)OCCOCCOCCOCCOC(=O)CCC(=O)OC/C=C(C)/C=C/C=C(C)/C=C/C3=C(C)CCCC3(C)C)cc(C(=O)OCCOCCOCCOCCOC(=O)CCC(=O)OC/C=C(C)/C=C/C=C(C)/C=C/C3=C(C)CCCC3(C)C)c2)C(C)(C)CCC1. The summed E-state index contributed by atoms with van der Waals surface area (Å²) in [6, 6.07) is 3.66. The molecular formula is C105H150O27. The van der Waals surface area contributed by atoms with Crippen LogP contribution in [0.5, 0.6) is 0 Å². The van der Waals surface area contributed by atoms with Crippen LogP contribution in [-0.4, -0.2) is 232 Å². The van der Waals surface area contributed by atoms with Crippen molar-refractivity contribution < 1.29 is 128 Å². The van der Waals surface area contributed by atoms with Gasteiger partial charge in [-0.2, -0.15) is 0 Å². The molecule has 3 aliphatic carbocycles. The second kappa shape index (κ2) is 67.4. The third-order valence-electron chi connectivity index (χ3n) is 21.6. The Balaban J connectivity index is 1.09. The van der Waals surface area contributed by atoms with E-state index in [0.29, 0.717) is 0 Å². The van der Waals surface area contributed by atoms with Crippen molar-refractivity contribution >= 4 is 53.7 Å². The lowest BCUT2D eigenvalue weighted by atomic mass is 9.72. The number of carbonyl (C=O) groups is 9. The van der Waals surface area contributed by atoms with E-state index in [1.807, 2.05) is 75.5 Å². The Morgan fingerprint density at radius 2 is 0.462 bits per heavy atom. The molecule has 0 N–H and O–H groups in total. The van der Waals surface area contributed by atoms with Gasteiger partial charge in [0, 0.05) is 0 Å². The summed E-state index contributed by atoms with van der Waals surface area (Å²) in [7, 11) is 0. The number of allylic oxidation sites excluding steroid dienone is 27. The van der Waals surface area contributed by atoms with E-state index in [-0.39, 0.29) is 250 Å². The summed E-state index contributed by atoms with van der Waals surface area (Å²) in [4.78, 5) is 114. The molecule has 0 unspecified atom stereocenters. The third-order valence-corrected chi connectivity index (χ3v) is 21.6. The number of hydrogen-bond acceptors (Lipinski definition) is 27. The number of esters is 9. The van der Waals surface area contributed by atoms with E-state index in [9.17, 15) is 43.2 Å². The maximum absolute atomic E-state index is 13.4. The first-order valence-corrected chi connectivity index (χ1v) is 46.2. The van der Waals surface area contributed by atoms with Crippen LogP contribution in [0.15, 0.2) is 194 Å². The minimum absolute atomic E-state index is 0.0117. The molecule has 1 aromatic rings. The zero-order valence-corrected chi connectivity index (χ0v) is 81.3. The van der Waals surface area contributed by atoms with Crippen molar-refractivity contribution in [3.8, 4) is 0 Å². The molecular weight excluding hydrogens is 1690 g/mol. The van der Waals surface area contributed by atoms with E-state index >= 15 is 0 Å². The summed E-state index contributed by atoms with van der Waals surface area (Å²) in [5.74, 6) is -5.82. The van der Waals surface area contributed by atoms with Gasteiger partial charge >= 0.3 is 53.7 Å². The lowest BCUT2D eigenvalue weighted by Gasteiger charge is -2.33. The Morgan fingerprint density at radius 1 is 0.265 bits per heavy atom. The lowest BCUT2D eigenvalue weighted by Crippen LogP contribution is -2.19. The summed E-state index contributed by atoms with van der Waals surface area (Å²) in [6.07, 6.45) is 46.3. The van der Waals surface area contributed by atoms with Gasteiger partial charge in [-0.1, -0.05) is 183 Å². The van der Waals surface area contributed by atoms with Gasteiger partial charge in [-0.3, -0.25) is 28.8 Å². The second-order valence-corrected chi connectivity index (χ2v) is 34.4. The molecule has 27 heteroatoms. The van der Waals surface area contributed by atoms with Crippen LogP contribution in [0.3, 0.4) is 0 Å². The summed E-state index contributed by atoms with van der Waals surface area (Å²) >= 11 is 0. The van der Waals surface area contributed by atoms with E-state index < -0.39 is 53.7 Å². The maximum Gasteiger partial charge on any atom is 0.338 e. The molecule has 0 bridgehead atoms. The maximum atomic E-state index is 13.4. The minimum Gasteiger partial charge on any atom is -0.463 e. The first kappa shape index (κ1) is 115. The number of hydrogen-bond donors (Lipinski definition) is 0. The first-order valence-electron chi connectivity index (χ1n) is 46.2. The van der Waals surface area contributed by atoms with Crippen molar-refractivity contribution in [3.63, 3.8) is 0 Å². The molecule has 27 nitrogen and oxygen atoms in total. The molecule has 3 aliphatic rings. The molecule has 0 atom stereocenters. The van der Waals surface area contributed by atoms with Crippen molar-refractivity contribution in [1.29, 1.82) is 0 Å². The summed E-state index contributed by atoms with van der Waals surface area (Å²) in [5.41, 5.74) is 14.9. The van der Waals surface area contributed by atoms with E-state index in [1.54, 1.807) is 18.2 Å². The van der Waals surface area contributed by atoms with Gasteiger partial charge in [0.25, 0.3) is 0 Å². The van der Waals surface area contributed by atoms with Crippen LogP contribution < -0.4 is 0 Å². The fourth-order valence-corrected chi connectivity index (χ4v) is 14.0. The monoisotopic (exact) mass is 1840 g/mol. The predicted octanol–water partition coefficient (Wildman–Crippen LogP) is 18.5. The molecule has 0 fully saturated rings. The Bertz CT molecular complexity index is 3830. The summed E-state index contributed by atoms with van der Waals surface area (Å²) in [6.45, 7) is 34.6. The Labute approximate surface area is 784 Å². The quantitative estimate of drug-likeness (QED) is 0.0253.